The van der Waals surface area contributed by atoms with Gasteiger partial charge in [-0.1, -0.05) is 23.2 Å². The topological polar surface area (TPSA) is 90.1 Å². The number of rotatable bonds is 6. The Hall–Kier alpha value is -2.33. The molecular weight excluding hydrogens is 412 g/mol. The molecule has 0 aliphatic heterocycles. The van der Waals surface area contributed by atoms with Crippen molar-refractivity contribution in [2.24, 2.45) is 0 Å². The number of nitrogens with one attached hydrogen (secondary N) is 1. The van der Waals surface area contributed by atoms with Crippen LogP contribution in [0.1, 0.15) is 28.2 Å². The van der Waals surface area contributed by atoms with Crippen LogP contribution in [-0.2, 0) is 12.7 Å². The summed E-state index contributed by atoms with van der Waals surface area (Å²) in [6.45, 7) is 1.63. The van der Waals surface area contributed by atoms with Crippen LogP contribution >= 0.6 is 23.2 Å². The van der Waals surface area contributed by atoms with Gasteiger partial charge in [0.25, 0.3) is 11.6 Å². The summed E-state index contributed by atoms with van der Waals surface area (Å²) in [5.74, 6) is -0.569. The summed E-state index contributed by atoms with van der Waals surface area (Å²) in [6.07, 6.45) is -4.37. The van der Waals surface area contributed by atoms with Gasteiger partial charge in [0, 0.05) is 24.7 Å². The summed E-state index contributed by atoms with van der Waals surface area (Å²) in [6, 6.07) is 3.62. The van der Waals surface area contributed by atoms with Crippen molar-refractivity contribution in [2.75, 3.05) is 6.54 Å². The Kier molecular flexibility index (Phi) is 6.32. The molecule has 7 nitrogen and oxygen atoms in total. The molecule has 0 unspecified atom stereocenters. The van der Waals surface area contributed by atoms with Crippen LogP contribution in [0.25, 0.3) is 0 Å². The van der Waals surface area contributed by atoms with Crippen molar-refractivity contribution in [1.29, 1.82) is 0 Å². The van der Waals surface area contributed by atoms with Crippen molar-refractivity contribution in [1.82, 2.24) is 15.1 Å². The first-order valence-corrected chi connectivity index (χ1v) is 8.30. The number of nitro benzene ring substituents is 1. The molecule has 2 rings (SSSR count). The number of alkyl halides is 3. The van der Waals surface area contributed by atoms with E-state index in [0.717, 1.165) is 10.7 Å². The minimum atomic E-state index is -4.65. The van der Waals surface area contributed by atoms with Gasteiger partial charge in [-0.15, -0.1) is 0 Å². The van der Waals surface area contributed by atoms with E-state index in [9.17, 15) is 28.1 Å². The molecule has 0 saturated heterocycles. The lowest BCUT2D eigenvalue weighted by Crippen LogP contribution is -2.25. The van der Waals surface area contributed by atoms with E-state index in [4.69, 9.17) is 23.2 Å². The number of carbonyl (C=O) groups excluding carboxylic acids is 1. The molecule has 0 bridgehead atoms. The number of hydrogen-bond acceptors (Lipinski definition) is 4. The standard InChI is InChI=1S/C15H13Cl2F3N4O3/c1-8-12(17)13(15(18,19)20)22-23(8)6-2-5-21-14(25)9-3-4-10(16)11(7-9)24(26)27/h3-4,7H,2,5-6H2,1H3,(H,21,25). The van der Waals surface area contributed by atoms with Crippen molar-refractivity contribution >= 4 is 34.8 Å². The Morgan fingerprint density at radius 3 is 2.59 bits per heavy atom. The van der Waals surface area contributed by atoms with Crippen molar-refractivity contribution in [3.05, 3.63) is 55.3 Å². The quantitative estimate of drug-likeness (QED) is 0.426. The molecular formula is C15H13Cl2F3N4O3. The Morgan fingerprint density at radius 1 is 1.37 bits per heavy atom. The van der Waals surface area contributed by atoms with Gasteiger partial charge in [0.05, 0.1) is 15.6 Å². The Morgan fingerprint density at radius 2 is 2.04 bits per heavy atom. The third kappa shape index (κ3) is 4.89. The van der Waals surface area contributed by atoms with Gasteiger partial charge in [0.15, 0.2) is 5.69 Å². The lowest BCUT2D eigenvalue weighted by Gasteiger charge is -2.07. The van der Waals surface area contributed by atoms with E-state index in [1.54, 1.807) is 0 Å². The minimum absolute atomic E-state index is 0.0452. The number of nitro groups is 1. The molecule has 0 fully saturated rings. The van der Waals surface area contributed by atoms with E-state index in [1.807, 2.05) is 0 Å². The molecule has 12 heteroatoms. The zero-order valence-electron chi connectivity index (χ0n) is 13.8. The largest absolute Gasteiger partial charge is 0.436 e. The number of nitrogens with zero attached hydrogens (tertiary/aromatic N) is 3. The third-order valence-electron chi connectivity index (χ3n) is 3.64. The average Bonchev–Trinajstić information content (AvgIpc) is 2.87. The van der Waals surface area contributed by atoms with Crippen molar-refractivity contribution in [2.45, 2.75) is 26.1 Å². The lowest BCUT2D eigenvalue weighted by atomic mass is 10.2. The van der Waals surface area contributed by atoms with Crippen LogP contribution in [0.5, 0.6) is 0 Å². The van der Waals surface area contributed by atoms with E-state index in [2.05, 4.69) is 10.4 Å². The highest BCUT2D eigenvalue weighted by Gasteiger charge is 2.38. The number of carbonyl (C=O) groups is 1. The summed E-state index contributed by atoms with van der Waals surface area (Å²) < 4.78 is 39.4. The van der Waals surface area contributed by atoms with Crippen LogP contribution in [0.15, 0.2) is 18.2 Å². The van der Waals surface area contributed by atoms with Crippen LogP contribution in [-0.4, -0.2) is 27.2 Å². The zero-order valence-corrected chi connectivity index (χ0v) is 15.3. The predicted octanol–water partition coefficient (Wildman–Crippen LogP) is 4.25. The second kappa shape index (κ2) is 8.13. The fourth-order valence-corrected chi connectivity index (χ4v) is 2.68. The summed E-state index contributed by atoms with van der Waals surface area (Å²) >= 11 is 11.3. The lowest BCUT2D eigenvalue weighted by molar-refractivity contribution is -0.384. The monoisotopic (exact) mass is 424 g/mol. The van der Waals surface area contributed by atoms with Gasteiger partial charge in [-0.3, -0.25) is 19.6 Å². The molecule has 0 radical (unpaired) electrons. The highest BCUT2D eigenvalue weighted by Crippen LogP contribution is 2.35. The SMILES string of the molecule is Cc1c(Cl)c(C(F)(F)F)nn1CCCNC(=O)c1ccc(Cl)c([N+](=O)[O-])c1. The second-order valence-corrected chi connectivity index (χ2v) is 6.29. The second-order valence-electron chi connectivity index (χ2n) is 5.50. The van der Waals surface area contributed by atoms with E-state index in [1.165, 1.54) is 19.1 Å². The number of aromatic nitrogens is 2. The Bertz CT molecular complexity index is 884. The number of halogens is 5. The summed E-state index contributed by atoms with van der Waals surface area (Å²) in [5, 5.41) is 16.3. The van der Waals surface area contributed by atoms with Gasteiger partial charge in [-0.25, -0.2) is 0 Å². The van der Waals surface area contributed by atoms with Crippen molar-refractivity contribution < 1.29 is 22.9 Å². The maximum atomic E-state index is 12.8. The Labute approximate surface area is 161 Å². The molecule has 2 aromatic rings. The number of hydrogen-bond donors (Lipinski definition) is 1. The normalized spacial score (nSPS) is 11.5. The average molecular weight is 425 g/mol. The van der Waals surface area contributed by atoms with Gasteiger partial charge in [-0.2, -0.15) is 18.3 Å². The number of amides is 1. The highest BCUT2D eigenvalue weighted by molar-refractivity contribution is 6.32. The molecule has 0 spiro atoms. The predicted molar refractivity (Wildman–Crippen MR) is 92.0 cm³/mol. The molecule has 27 heavy (non-hydrogen) atoms. The molecule has 1 amide bonds. The van der Waals surface area contributed by atoms with Crippen molar-refractivity contribution in [3.8, 4) is 0 Å². The first kappa shape index (κ1) is 21.0. The first-order valence-electron chi connectivity index (χ1n) is 7.54. The molecule has 146 valence electrons. The minimum Gasteiger partial charge on any atom is -0.352 e. The van der Waals surface area contributed by atoms with Gasteiger partial charge in [0.2, 0.25) is 0 Å². The maximum Gasteiger partial charge on any atom is 0.436 e. The van der Waals surface area contributed by atoms with Crippen LogP contribution < -0.4 is 5.32 Å². The summed E-state index contributed by atoms with van der Waals surface area (Å²) in [5.41, 5.74) is -1.34. The first-order chi connectivity index (χ1) is 12.5. The highest BCUT2D eigenvalue weighted by atomic mass is 35.5. The van der Waals surface area contributed by atoms with Gasteiger partial charge < -0.3 is 5.32 Å². The van der Waals surface area contributed by atoms with Gasteiger partial charge in [-0.05, 0) is 25.5 Å². The van der Waals surface area contributed by atoms with Crippen LogP contribution in [0.4, 0.5) is 18.9 Å². The Balaban J connectivity index is 1.95. The number of aryl methyl sites for hydroxylation is 1. The van der Waals surface area contributed by atoms with Crippen molar-refractivity contribution in [3.63, 3.8) is 0 Å². The summed E-state index contributed by atoms with van der Waals surface area (Å²) in [7, 11) is 0. The van der Waals surface area contributed by atoms with E-state index < -0.39 is 33.4 Å². The molecule has 1 aromatic heterocycles. The molecule has 1 N–H and O–H groups in total. The van der Waals surface area contributed by atoms with Crippen LogP contribution in [0.2, 0.25) is 10.0 Å². The van der Waals surface area contributed by atoms with Gasteiger partial charge >= 0.3 is 6.18 Å². The van der Waals surface area contributed by atoms with E-state index >= 15 is 0 Å². The third-order valence-corrected chi connectivity index (χ3v) is 4.41. The summed E-state index contributed by atoms with van der Waals surface area (Å²) in [4.78, 5) is 22.2. The molecule has 0 aliphatic rings. The van der Waals surface area contributed by atoms with E-state index in [-0.39, 0.29) is 35.8 Å². The van der Waals surface area contributed by atoms with Crippen LogP contribution in [0.3, 0.4) is 0 Å². The molecule has 0 atom stereocenters. The number of benzene rings is 1. The molecule has 1 heterocycles. The van der Waals surface area contributed by atoms with Crippen LogP contribution in [0, 0.1) is 17.0 Å². The van der Waals surface area contributed by atoms with Gasteiger partial charge in [0.1, 0.15) is 5.02 Å². The molecule has 0 aliphatic carbocycles. The molecule has 1 aromatic carbocycles. The zero-order chi connectivity index (χ0) is 20.4. The fourth-order valence-electron chi connectivity index (χ4n) is 2.25. The fraction of sp³-hybridized carbons (Fsp3) is 0.333. The smallest absolute Gasteiger partial charge is 0.352 e. The van der Waals surface area contributed by atoms with E-state index in [0.29, 0.717) is 0 Å². The molecule has 0 saturated carbocycles. The maximum absolute atomic E-state index is 12.8.